The summed E-state index contributed by atoms with van der Waals surface area (Å²) in [5.41, 5.74) is 8.00. The maximum Gasteiger partial charge on any atom is 0.261 e. The van der Waals surface area contributed by atoms with Crippen LogP contribution in [0.25, 0.3) is 10.8 Å². The number of amidine groups is 1. The van der Waals surface area contributed by atoms with Gasteiger partial charge in [-0.1, -0.05) is 48.5 Å². The molecule has 0 saturated heterocycles. The van der Waals surface area contributed by atoms with E-state index in [4.69, 9.17) is 11.1 Å². The predicted octanol–water partition coefficient (Wildman–Crippen LogP) is 3.44. The zero-order chi connectivity index (χ0) is 22.9. The number of nitrogens with two attached hydrogens (primary N) is 1. The molecule has 8 heteroatoms. The maximum absolute atomic E-state index is 13.2. The van der Waals surface area contributed by atoms with Gasteiger partial charge in [-0.15, -0.1) is 0 Å². The summed E-state index contributed by atoms with van der Waals surface area (Å²) >= 11 is 0. The SMILES string of the molecule is Cc1cn(Cc2ccc(C(=N)N)cc2)c(=O)c2cc(NS(=O)(=O)c3ccccc3)ccc12. The van der Waals surface area contributed by atoms with Crippen molar-refractivity contribution in [3.63, 3.8) is 0 Å². The van der Waals surface area contributed by atoms with Gasteiger partial charge in [0.2, 0.25) is 0 Å². The largest absolute Gasteiger partial charge is 0.384 e. The molecule has 1 aromatic heterocycles. The second-order valence-electron chi connectivity index (χ2n) is 7.53. The Kier molecular flexibility index (Phi) is 5.54. The molecule has 4 aromatic rings. The van der Waals surface area contributed by atoms with Crippen LogP contribution >= 0.6 is 0 Å². The van der Waals surface area contributed by atoms with Crippen molar-refractivity contribution in [1.29, 1.82) is 5.41 Å². The number of aromatic nitrogens is 1. The number of pyridine rings is 1. The quantitative estimate of drug-likeness (QED) is 0.310. The van der Waals surface area contributed by atoms with Crippen molar-refractivity contribution >= 4 is 32.3 Å². The Bertz CT molecular complexity index is 1480. The highest BCUT2D eigenvalue weighted by molar-refractivity contribution is 7.92. The number of nitrogen functional groups attached to an aromatic ring is 1. The van der Waals surface area contributed by atoms with Gasteiger partial charge in [-0.25, -0.2) is 8.42 Å². The second-order valence-corrected chi connectivity index (χ2v) is 9.22. The van der Waals surface area contributed by atoms with E-state index in [-0.39, 0.29) is 16.3 Å². The highest BCUT2D eigenvalue weighted by Gasteiger charge is 2.15. The first-order chi connectivity index (χ1) is 15.2. The summed E-state index contributed by atoms with van der Waals surface area (Å²) in [6, 6.07) is 20.2. The van der Waals surface area contributed by atoms with E-state index in [0.29, 0.717) is 23.2 Å². The summed E-state index contributed by atoms with van der Waals surface area (Å²) in [5, 5.41) is 8.68. The van der Waals surface area contributed by atoms with Gasteiger partial charge in [0.15, 0.2) is 0 Å². The minimum Gasteiger partial charge on any atom is -0.384 e. The Morgan fingerprint density at radius 2 is 1.69 bits per heavy atom. The van der Waals surface area contributed by atoms with Crippen LogP contribution in [0.5, 0.6) is 0 Å². The number of benzene rings is 3. The van der Waals surface area contributed by atoms with E-state index in [1.54, 1.807) is 59.3 Å². The molecular weight excluding hydrogens is 424 g/mol. The summed E-state index contributed by atoms with van der Waals surface area (Å²) in [6.45, 7) is 2.25. The fourth-order valence-corrected chi connectivity index (χ4v) is 4.63. The Hall–Kier alpha value is -3.91. The lowest BCUT2D eigenvalue weighted by Crippen LogP contribution is -2.21. The van der Waals surface area contributed by atoms with Crippen molar-refractivity contribution in [2.24, 2.45) is 5.73 Å². The molecule has 1 heterocycles. The summed E-state index contributed by atoms with van der Waals surface area (Å²) in [7, 11) is -3.76. The van der Waals surface area contributed by atoms with E-state index in [9.17, 15) is 13.2 Å². The minimum absolute atomic E-state index is 0.0132. The van der Waals surface area contributed by atoms with Crippen LogP contribution in [-0.2, 0) is 16.6 Å². The third-order valence-corrected chi connectivity index (χ3v) is 6.61. The zero-order valence-electron chi connectivity index (χ0n) is 17.4. The van der Waals surface area contributed by atoms with Crippen LogP contribution in [0, 0.1) is 12.3 Å². The molecule has 32 heavy (non-hydrogen) atoms. The van der Waals surface area contributed by atoms with Crippen LogP contribution in [0.4, 0.5) is 5.69 Å². The highest BCUT2D eigenvalue weighted by Crippen LogP contribution is 2.22. The Balaban J connectivity index is 1.70. The van der Waals surface area contributed by atoms with Crippen LogP contribution in [0.1, 0.15) is 16.7 Å². The molecule has 0 bridgehead atoms. The number of nitrogens with one attached hydrogen (secondary N) is 2. The molecule has 0 amide bonds. The number of hydrogen-bond acceptors (Lipinski definition) is 4. The van der Waals surface area contributed by atoms with Gasteiger partial charge >= 0.3 is 0 Å². The molecule has 0 aliphatic rings. The normalized spacial score (nSPS) is 11.4. The fourth-order valence-electron chi connectivity index (χ4n) is 3.56. The first-order valence-electron chi connectivity index (χ1n) is 9.89. The lowest BCUT2D eigenvalue weighted by molar-refractivity contribution is 0.601. The van der Waals surface area contributed by atoms with Crippen LogP contribution < -0.4 is 16.0 Å². The van der Waals surface area contributed by atoms with Crippen molar-refractivity contribution in [1.82, 2.24) is 4.57 Å². The van der Waals surface area contributed by atoms with E-state index >= 15 is 0 Å². The topological polar surface area (TPSA) is 118 Å². The Labute approximate surface area is 185 Å². The number of nitrogens with zero attached hydrogens (tertiary/aromatic N) is 1. The van der Waals surface area contributed by atoms with E-state index in [2.05, 4.69) is 4.72 Å². The standard InChI is InChI=1S/C24H22N4O3S/c1-16-14-28(15-17-7-9-18(10-8-17)23(25)26)24(29)22-13-19(11-12-21(16)22)27-32(30,31)20-5-3-2-4-6-20/h2-14,27H,15H2,1H3,(H3,25,26). The summed E-state index contributed by atoms with van der Waals surface area (Å²) in [4.78, 5) is 13.3. The summed E-state index contributed by atoms with van der Waals surface area (Å²) in [5.74, 6) is -0.0132. The van der Waals surface area contributed by atoms with Gasteiger partial charge in [0.25, 0.3) is 15.6 Å². The highest BCUT2D eigenvalue weighted by atomic mass is 32.2. The third kappa shape index (κ3) is 4.26. The molecule has 7 nitrogen and oxygen atoms in total. The number of anilines is 1. The van der Waals surface area contributed by atoms with Gasteiger partial charge in [0, 0.05) is 22.8 Å². The van der Waals surface area contributed by atoms with Crippen molar-refractivity contribution < 1.29 is 8.42 Å². The van der Waals surface area contributed by atoms with E-state index in [1.165, 1.54) is 12.1 Å². The molecule has 0 aliphatic carbocycles. The molecular formula is C24H22N4O3S. The van der Waals surface area contributed by atoms with E-state index in [1.807, 2.05) is 19.1 Å². The average molecular weight is 447 g/mol. The lowest BCUT2D eigenvalue weighted by atomic mass is 10.1. The van der Waals surface area contributed by atoms with Gasteiger partial charge in [-0.3, -0.25) is 14.9 Å². The monoisotopic (exact) mass is 446 g/mol. The van der Waals surface area contributed by atoms with Crippen molar-refractivity contribution in [2.45, 2.75) is 18.4 Å². The number of fused-ring (bicyclic) bond motifs is 1. The van der Waals surface area contributed by atoms with Gasteiger partial charge < -0.3 is 10.3 Å². The van der Waals surface area contributed by atoms with E-state index < -0.39 is 10.0 Å². The molecule has 3 aromatic carbocycles. The molecule has 4 N–H and O–H groups in total. The van der Waals surface area contributed by atoms with Gasteiger partial charge in [-0.05, 0) is 47.7 Å². The smallest absolute Gasteiger partial charge is 0.261 e. The van der Waals surface area contributed by atoms with Crippen LogP contribution in [0.15, 0.2) is 88.7 Å². The fraction of sp³-hybridized carbons (Fsp3) is 0.0833. The lowest BCUT2D eigenvalue weighted by Gasteiger charge is -2.13. The first-order valence-corrected chi connectivity index (χ1v) is 11.4. The van der Waals surface area contributed by atoms with Crippen LogP contribution in [0.3, 0.4) is 0 Å². The zero-order valence-corrected chi connectivity index (χ0v) is 18.2. The van der Waals surface area contributed by atoms with Crippen molar-refractivity contribution in [2.75, 3.05) is 4.72 Å². The molecule has 162 valence electrons. The minimum atomic E-state index is -3.76. The Morgan fingerprint density at radius 3 is 2.34 bits per heavy atom. The van der Waals surface area contributed by atoms with Gasteiger partial charge in [0.1, 0.15) is 5.84 Å². The molecule has 0 unspecified atom stereocenters. The molecule has 0 saturated carbocycles. The summed E-state index contributed by atoms with van der Waals surface area (Å²) < 4.78 is 29.5. The second kappa shape index (κ2) is 8.32. The number of aryl methyl sites for hydroxylation is 1. The maximum atomic E-state index is 13.2. The first kappa shape index (κ1) is 21.3. The molecule has 4 rings (SSSR count). The Morgan fingerprint density at radius 1 is 1.00 bits per heavy atom. The van der Waals surface area contributed by atoms with Crippen LogP contribution in [0.2, 0.25) is 0 Å². The molecule has 0 radical (unpaired) electrons. The van der Waals surface area contributed by atoms with Gasteiger partial charge in [-0.2, -0.15) is 0 Å². The number of sulfonamides is 1. The number of rotatable bonds is 6. The van der Waals surface area contributed by atoms with Crippen LogP contribution in [-0.4, -0.2) is 18.8 Å². The predicted molar refractivity (Wildman–Crippen MR) is 127 cm³/mol. The third-order valence-electron chi connectivity index (χ3n) is 5.21. The molecule has 0 aliphatic heterocycles. The molecule has 0 spiro atoms. The van der Waals surface area contributed by atoms with E-state index in [0.717, 1.165) is 16.5 Å². The molecule has 0 atom stereocenters. The summed E-state index contributed by atoms with van der Waals surface area (Å²) in [6.07, 6.45) is 1.79. The van der Waals surface area contributed by atoms with Gasteiger partial charge in [0.05, 0.1) is 11.4 Å². The molecule has 0 fully saturated rings. The van der Waals surface area contributed by atoms with Crippen molar-refractivity contribution in [3.05, 3.63) is 106 Å². The van der Waals surface area contributed by atoms with Crippen molar-refractivity contribution in [3.8, 4) is 0 Å². The number of hydrogen-bond donors (Lipinski definition) is 3. The average Bonchev–Trinajstić information content (AvgIpc) is 2.78.